The summed E-state index contributed by atoms with van der Waals surface area (Å²) in [6.45, 7) is 3.81. The van der Waals surface area contributed by atoms with E-state index in [-0.39, 0.29) is 28.5 Å². The van der Waals surface area contributed by atoms with Crippen LogP contribution in [0.2, 0.25) is 0 Å². The van der Waals surface area contributed by atoms with Crippen molar-refractivity contribution in [3.63, 3.8) is 0 Å². The van der Waals surface area contributed by atoms with Crippen molar-refractivity contribution in [1.29, 1.82) is 0 Å². The van der Waals surface area contributed by atoms with E-state index in [4.69, 9.17) is 4.74 Å². The Morgan fingerprint density at radius 2 is 2.00 bits per heavy atom. The fourth-order valence-electron chi connectivity index (χ4n) is 1.25. The van der Waals surface area contributed by atoms with Gasteiger partial charge in [-0.1, -0.05) is 15.9 Å². The van der Waals surface area contributed by atoms with Gasteiger partial charge in [-0.3, -0.25) is 0 Å². The van der Waals surface area contributed by atoms with Crippen LogP contribution in [0.5, 0.6) is 0 Å². The predicted molar refractivity (Wildman–Crippen MR) is 51.4 cm³/mol. The van der Waals surface area contributed by atoms with Crippen molar-refractivity contribution < 1.29 is 13.2 Å². The largest absolute Gasteiger partial charge is 0.373 e. The van der Waals surface area contributed by atoms with Crippen molar-refractivity contribution in [2.75, 3.05) is 11.5 Å². The van der Waals surface area contributed by atoms with Crippen LogP contribution in [-0.4, -0.2) is 37.0 Å². The van der Waals surface area contributed by atoms with Crippen molar-refractivity contribution in [2.45, 2.75) is 30.9 Å². The maximum atomic E-state index is 11.1. The summed E-state index contributed by atoms with van der Waals surface area (Å²) in [5.41, 5.74) is 0. The summed E-state index contributed by atoms with van der Waals surface area (Å²) >= 11 is 3.30. The highest BCUT2D eigenvalue weighted by atomic mass is 79.9. The molecule has 12 heavy (non-hydrogen) atoms. The quantitative estimate of drug-likeness (QED) is 0.692. The zero-order valence-electron chi connectivity index (χ0n) is 7.16. The third-order valence-corrected chi connectivity index (χ3v) is 4.73. The van der Waals surface area contributed by atoms with Gasteiger partial charge in [-0.05, 0) is 13.8 Å². The first-order valence-corrected chi connectivity index (χ1v) is 6.64. The molecule has 2 atom stereocenters. The molecule has 0 spiro atoms. The van der Waals surface area contributed by atoms with Gasteiger partial charge >= 0.3 is 0 Å². The highest BCUT2D eigenvalue weighted by Gasteiger charge is 2.37. The van der Waals surface area contributed by atoms with E-state index in [9.17, 15) is 8.42 Å². The van der Waals surface area contributed by atoms with Crippen LogP contribution in [0.15, 0.2) is 0 Å². The van der Waals surface area contributed by atoms with Crippen molar-refractivity contribution in [1.82, 2.24) is 0 Å². The Morgan fingerprint density at radius 1 is 1.42 bits per heavy atom. The molecule has 0 amide bonds. The van der Waals surface area contributed by atoms with E-state index in [0.717, 1.165) is 0 Å². The molecule has 0 aliphatic carbocycles. The monoisotopic (exact) mass is 256 g/mol. The van der Waals surface area contributed by atoms with Gasteiger partial charge in [0, 0.05) is 0 Å². The molecule has 0 N–H and O–H groups in total. The Labute approximate surface area is 81.5 Å². The molecule has 1 heterocycles. The molecule has 0 saturated carbocycles. The maximum absolute atomic E-state index is 11.1. The van der Waals surface area contributed by atoms with Gasteiger partial charge in [0.15, 0.2) is 9.84 Å². The van der Waals surface area contributed by atoms with E-state index in [1.165, 1.54) is 0 Å². The van der Waals surface area contributed by atoms with Gasteiger partial charge in [-0.2, -0.15) is 0 Å². The summed E-state index contributed by atoms with van der Waals surface area (Å²) in [5, 5.41) is 0. The first-order valence-electron chi connectivity index (χ1n) is 3.90. The second-order valence-corrected chi connectivity index (χ2v) is 6.65. The Balaban J connectivity index is 2.58. The Hall–Kier alpha value is 0.390. The van der Waals surface area contributed by atoms with Gasteiger partial charge in [0.05, 0.1) is 28.5 Å². The Kier molecular flexibility index (Phi) is 3.17. The number of halogens is 1. The summed E-state index contributed by atoms with van der Waals surface area (Å²) in [4.78, 5) is -0.0371. The lowest BCUT2D eigenvalue weighted by Crippen LogP contribution is -2.25. The van der Waals surface area contributed by atoms with Crippen molar-refractivity contribution >= 4 is 25.8 Å². The number of ether oxygens (including phenoxy) is 1. The van der Waals surface area contributed by atoms with Crippen LogP contribution in [0.3, 0.4) is 0 Å². The lowest BCUT2D eigenvalue weighted by molar-refractivity contribution is 0.0273. The molecule has 3 nitrogen and oxygen atoms in total. The van der Waals surface area contributed by atoms with E-state index >= 15 is 0 Å². The molecular formula is C7H13BrO3S. The first-order chi connectivity index (χ1) is 5.41. The van der Waals surface area contributed by atoms with E-state index in [0.29, 0.717) is 0 Å². The third kappa shape index (κ3) is 2.71. The normalized spacial score (nSPS) is 34.3. The second kappa shape index (κ2) is 3.64. The fraction of sp³-hybridized carbons (Fsp3) is 1.00. The summed E-state index contributed by atoms with van der Waals surface area (Å²) in [6.07, 6.45) is -0.0849. The average molecular weight is 257 g/mol. The van der Waals surface area contributed by atoms with Crippen LogP contribution >= 0.6 is 15.9 Å². The molecule has 1 rings (SSSR count). The maximum Gasteiger partial charge on any atom is 0.154 e. The smallest absolute Gasteiger partial charge is 0.154 e. The molecule has 72 valence electrons. The first kappa shape index (κ1) is 10.5. The van der Waals surface area contributed by atoms with Crippen molar-refractivity contribution in [2.24, 2.45) is 0 Å². The van der Waals surface area contributed by atoms with Gasteiger partial charge in [0.25, 0.3) is 0 Å². The number of sulfone groups is 1. The van der Waals surface area contributed by atoms with E-state index in [1.54, 1.807) is 0 Å². The zero-order valence-corrected chi connectivity index (χ0v) is 9.56. The van der Waals surface area contributed by atoms with Gasteiger partial charge in [0.2, 0.25) is 0 Å². The Morgan fingerprint density at radius 3 is 2.33 bits per heavy atom. The van der Waals surface area contributed by atoms with Crippen LogP contribution in [-0.2, 0) is 14.6 Å². The highest BCUT2D eigenvalue weighted by Crippen LogP contribution is 2.23. The van der Waals surface area contributed by atoms with Crippen LogP contribution < -0.4 is 0 Å². The topological polar surface area (TPSA) is 43.4 Å². The molecule has 0 aromatic heterocycles. The molecule has 0 aromatic carbocycles. The van der Waals surface area contributed by atoms with Crippen molar-refractivity contribution in [3.8, 4) is 0 Å². The fourth-order valence-corrected chi connectivity index (χ4v) is 4.66. The molecule has 0 radical (unpaired) electrons. The van der Waals surface area contributed by atoms with Gasteiger partial charge in [-0.25, -0.2) is 8.42 Å². The minimum atomic E-state index is -2.86. The van der Waals surface area contributed by atoms with Gasteiger partial charge in [0.1, 0.15) is 0 Å². The van der Waals surface area contributed by atoms with Gasteiger partial charge in [-0.15, -0.1) is 0 Å². The SMILES string of the molecule is CC(C)OC1CS(=O)(=O)CC1Br. The molecule has 5 heteroatoms. The second-order valence-electron chi connectivity index (χ2n) is 3.32. The summed E-state index contributed by atoms with van der Waals surface area (Å²) in [6, 6.07) is 0. The molecular weight excluding hydrogens is 244 g/mol. The summed E-state index contributed by atoms with van der Waals surface area (Å²) in [5.74, 6) is 0.353. The predicted octanol–water partition coefficient (Wildman–Crippen LogP) is 0.972. The van der Waals surface area contributed by atoms with E-state index in [2.05, 4.69) is 15.9 Å². The molecule has 1 saturated heterocycles. The third-order valence-electron chi connectivity index (χ3n) is 1.68. The minimum absolute atomic E-state index is 0.0371. The molecule has 1 aliphatic heterocycles. The van der Waals surface area contributed by atoms with Crippen molar-refractivity contribution in [3.05, 3.63) is 0 Å². The molecule has 2 unspecified atom stereocenters. The number of alkyl halides is 1. The van der Waals surface area contributed by atoms with Crippen LogP contribution in [0.4, 0.5) is 0 Å². The summed E-state index contributed by atoms with van der Waals surface area (Å²) in [7, 11) is -2.86. The molecule has 1 aliphatic rings. The number of hydrogen-bond acceptors (Lipinski definition) is 3. The van der Waals surface area contributed by atoms with Gasteiger partial charge < -0.3 is 4.74 Å². The van der Waals surface area contributed by atoms with Crippen LogP contribution in [0, 0.1) is 0 Å². The summed E-state index contributed by atoms with van der Waals surface area (Å²) < 4.78 is 27.7. The average Bonchev–Trinajstić information content (AvgIpc) is 2.03. The standard InChI is InChI=1S/C7H13BrO3S/c1-5(2)11-7-4-12(9,10)3-6(7)8/h5-7H,3-4H2,1-2H3. The van der Waals surface area contributed by atoms with E-state index in [1.807, 2.05) is 13.8 Å². The molecule has 1 fully saturated rings. The Bertz CT molecular complexity index is 247. The lowest BCUT2D eigenvalue weighted by Gasteiger charge is -2.16. The number of hydrogen-bond donors (Lipinski definition) is 0. The van der Waals surface area contributed by atoms with Crippen LogP contribution in [0.25, 0.3) is 0 Å². The molecule has 0 bridgehead atoms. The zero-order chi connectivity index (χ0) is 9.35. The van der Waals surface area contributed by atoms with Crippen LogP contribution in [0.1, 0.15) is 13.8 Å². The molecule has 0 aromatic rings. The number of rotatable bonds is 2. The van der Waals surface area contributed by atoms with E-state index < -0.39 is 9.84 Å². The highest BCUT2D eigenvalue weighted by molar-refractivity contribution is 9.09. The lowest BCUT2D eigenvalue weighted by atomic mass is 10.3. The minimum Gasteiger partial charge on any atom is -0.373 e.